The van der Waals surface area contributed by atoms with Gasteiger partial charge in [-0.25, -0.2) is 0 Å². The molecule has 2 heteroatoms. The summed E-state index contributed by atoms with van der Waals surface area (Å²) in [6, 6.07) is 20.5. The molecule has 3 rings (SSSR count). The molecule has 1 aliphatic heterocycles. The largest absolute Gasteiger partial charge is 1.00 e. The van der Waals surface area contributed by atoms with Gasteiger partial charge in [0.15, 0.2) is 0 Å². The van der Waals surface area contributed by atoms with Gasteiger partial charge < -0.3 is 4.74 Å². The summed E-state index contributed by atoms with van der Waals surface area (Å²) < 4.78 is 5.61. The molecule has 0 amide bonds. The molecular formula is C14H11LiO. The number of ether oxygens (including phenoxy) is 1. The first-order valence-electron chi connectivity index (χ1n) is 5.09. The van der Waals surface area contributed by atoms with Crippen molar-refractivity contribution in [3.63, 3.8) is 0 Å². The third-order valence-electron chi connectivity index (χ3n) is 2.59. The molecule has 2 aromatic rings. The van der Waals surface area contributed by atoms with Gasteiger partial charge in [0, 0.05) is 0 Å². The zero-order valence-electron chi connectivity index (χ0n) is 9.26. The van der Waals surface area contributed by atoms with Crippen molar-refractivity contribution < 1.29 is 23.6 Å². The molecule has 0 saturated carbocycles. The van der Waals surface area contributed by atoms with Crippen molar-refractivity contribution in [3.8, 4) is 0 Å². The monoisotopic (exact) mass is 202 g/mol. The Morgan fingerprint density at radius 1 is 0.812 bits per heavy atom. The Balaban J connectivity index is 0.000000963. The van der Waals surface area contributed by atoms with E-state index in [2.05, 4.69) is 24.3 Å². The molecule has 16 heavy (non-hydrogen) atoms. The van der Waals surface area contributed by atoms with Gasteiger partial charge in [0.05, 0.1) is 6.10 Å². The standard InChI is InChI=1S/C14H11O.Li/c1-3-7-11(8-4-1)13-14(15-13)12-9-5-2-6-10-12;/h1-10,13H;/q-1;+1/t13-;/m0./s1. The van der Waals surface area contributed by atoms with Crippen LogP contribution in [0.4, 0.5) is 0 Å². The molecule has 74 valence electrons. The predicted molar refractivity (Wildman–Crippen MR) is 59.1 cm³/mol. The van der Waals surface area contributed by atoms with E-state index in [1.54, 1.807) is 0 Å². The Hall–Kier alpha value is -1.13. The molecule has 1 heterocycles. The van der Waals surface area contributed by atoms with Crippen LogP contribution in [-0.4, -0.2) is 0 Å². The van der Waals surface area contributed by atoms with Crippen LogP contribution >= 0.6 is 0 Å². The van der Waals surface area contributed by atoms with Crippen molar-refractivity contribution in [2.75, 3.05) is 0 Å². The first-order chi connectivity index (χ1) is 7.45. The number of epoxide rings is 1. The molecule has 1 nitrogen and oxygen atoms in total. The van der Waals surface area contributed by atoms with E-state index in [4.69, 9.17) is 4.74 Å². The van der Waals surface area contributed by atoms with Crippen LogP contribution in [0, 0.1) is 6.10 Å². The molecule has 0 radical (unpaired) electrons. The van der Waals surface area contributed by atoms with Crippen molar-refractivity contribution >= 4 is 0 Å². The van der Waals surface area contributed by atoms with E-state index in [0.717, 1.165) is 6.10 Å². The van der Waals surface area contributed by atoms with Crippen molar-refractivity contribution in [2.45, 2.75) is 6.10 Å². The zero-order chi connectivity index (χ0) is 10.1. The summed E-state index contributed by atoms with van der Waals surface area (Å²) in [4.78, 5) is 0. The van der Waals surface area contributed by atoms with Gasteiger partial charge in [-0.15, -0.1) is 12.1 Å². The second kappa shape index (κ2) is 4.80. The van der Waals surface area contributed by atoms with Gasteiger partial charge >= 0.3 is 18.9 Å². The van der Waals surface area contributed by atoms with Gasteiger partial charge in [-0.2, -0.15) is 17.7 Å². The molecule has 1 fully saturated rings. The second-order valence-electron chi connectivity index (χ2n) is 3.64. The smallest absolute Gasteiger partial charge is 0.405 e. The third-order valence-corrected chi connectivity index (χ3v) is 2.59. The molecule has 1 atom stereocenters. The summed E-state index contributed by atoms with van der Waals surface area (Å²) in [5.41, 5.74) is 2.42. The van der Waals surface area contributed by atoms with Gasteiger partial charge in [-0.3, -0.25) is 0 Å². The predicted octanol–water partition coefficient (Wildman–Crippen LogP) is 0.342. The van der Waals surface area contributed by atoms with E-state index >= 15 is 0 Å². The number of benzene rings is 2. The molecule has 2 aromatic carbocycles. The third kappa shape index (κ3) is 2.17. The molecule has 1 aliphatic rings. The number of hydrogen-bond acceptors (Lipinski definition) is 1. The topological polar surface area (TPSA) is 12.5 Å². The summed E-state index contributed by atoms with van der Waals surface area (Å²) in [6.07, 6.45) is 1.26. The van der Waals surface area contributed by atoms with Gasteiger partial charge in [0.25, 0.3) is 0 Å². The average Bonchev–Trinajstić information content (AvgIpc) is 3.11. The molecule has 0 spiro atoms. The van der Waals surface area contributed by atoms with E-state index in [-0.39, 0.29) is 25.0 Å². The first-order valence-corrected chi connectivity index (χ1v) is 5.09. The van der Waals surface area contributed by atoms with Crippen molar-refractivity contribution in [1.82, 2.24) is 0 Å². The Labute approximate surface area is 108 Å². The Morgan fingerprint density at radius 2 is 1.38 bits per heavy atom. The summed E-state index contributed by atoms with van der Waals surface area (Å²) in [7, 11) is 0. The van der Waals surface area contributed by atoms with E-state index in [0.29, 0.717) is 0 Å². The summed E-state index contributed by atoms with van der Waals surface area (Å²) in [5.74, 6) is 0. The van der Waals surface area contributed by atoms with Crippen molar-refractivity contribution in [3.05, 3.63) is 77.9 Å². The van der Waals surface area contributed by atoms with Crippen LogP contribution in [0.1, 0.15) is 17.2 Å². The van der Waals surface area contributed by atoms with Crippen LogP contribution in [0.5, 0.6) is 0 Å². The number of rotatable bonds is 2. The Kier molecular flexibility index (Phi) is 3.41. The maximum atomic E-state index is 5.61. The summed E-state index contributed by atoms with van der Waals surface area (Å²) in [6.45, 7) is 0. The van der Waals surface area contributed by atoms with E-state index in [1.807, 2.05) is 36.4 Å². The van der Waals surface area contributed by atoms with Crippen molar-refractivity contribution in [1.29, 1.82) is 0 Å². The fourth-order valence-corrected chi connectivity index (χ4v) is 1.76. The molecule has 0 bridgehead atoms. The Bertz CT molecular complexity index is 397. The van der Waals surface area contributed by atoms with Gasteiger partial charge in [0.1, 0.15) is 0 Å². The number of hydrogen-bond donors (Lipinski definition) is 0. The van der Waals surface area contributed by atoms with E-state index in [1.165, 1.54) is 11.1 Å². The normalized spacial score (nSPS) is 17.8. The van der Waals surface area contributed by atoms with Crippen LogP contribution < -0.4 is 18.9 Å². The minimum atomic E-state index is 0. The van der Waals surface area contributed by atoms with Crippen LogP contribution in [0.15, 0.2) is 60.7 Å². The van der Waals surface area contributed by atoms with Gasteiger partial charge in [0.2, 0.25) is 0 Å². The van der Waals surface area contributed by atoms with Crippen molar-refractivity contribution in [2.24, 2.45) is 0 Å². The summed E-state index contributed by atoms with van der Waals surface area (Å²) >= 11 is 0. The average molecular weight is 202 g/mol. The minimum Gasteiger partial charge on any atom is -0.405 e. The fraction of sp³-hybridized carbons (Fsp3) is 0.0714. The van der Waals surface area contributed by atoms with Crippen LogP contribution in [0.3, 0.4) is 0 Å². The van der Waals surface area contributed by atoms with E-state index in [9.17, 15) is 0 Å². The quantitative estimate of drug-likeness (QED) is 0.389. The first kappa shape index (κ1) is 11.4. The molecule has 0 unspecified atom stereocenters. The molecule has 0 aliphatic carbocycles. The maximum absolute atomic E-state index is 5.61. The molecule has 1 saturated heterocycles. The minimum absolute atomic E-state index is 0. The zero-order valence-corrected chi connectivity index (χ0v) is 9.26. The maximum Gasteiger partial charge on any atom is 1.00 e. The van der Waals surface area contributed by atoms with Gasteiger partial charge in [-0.05, 0) is 11.7 Å². The van der Waals surface area contributed by atoms with Crippen LogP contribution in [-0.2, 0) is 4.74 Å². The molecule has 0 aromatic heterocycles. The molecule has 0 N–H and O–H groups in total. The van der Waals surface area contributed by atoms with Gasteiger partial charge in [-0.1, -0.05) is 36.4 Å². The molecular weight excluding hydrogens is 191 g/mol. The Morgan fingerprint density at radius 3 is 2.00 bits per heavy atom. The fourth-order valence-electron chi connectivity index (χ4n) is 1.76. The van der Waals surface area contributed by atoms with Crippen LogP contribution in [0.2, 0.25) is 0 Å². The van der Waals surface area contributed by atoms with Crippen LogP contribution in [0.25, 0.3) is 0 Å². The SMILES string of the molecule is [Li+].c1ccc([C-]2O[C@H]2c2ccccc2)cc1. The summed E-state index contributed by atoms with van der Waals surface area (Å²) in [5, 5.41) is 0. The van der Waals surface area contributed by atoms with E-state index < -0.39 is 0 Å². The second-order valence-corrected chi connectivity index (χ2v) is 3.64.